The molecule has 0 bridgehead atoms. The first-order chi connectivity index (χ1) is 18.4. The Morgan fingerprint density at radius 3 is 2.29 bits per heavy atom. The maximum absolute atomic E-state index is 12.7. The number of aromatic nitrogens is 4. The van der Waals surface area contributed by atoms with Crippen molar-refractivity contribution in [1.82, 2.24) is 24.0 Å². The number of nitrogens with two attached hydrogens (primary N) is 1. The summed E-state index contributed by atoms with van der Waals surface area (Å²) in [6.45, 7) is 1.72. The van der Waals surface area contributed by atoms with Crippen LogP contribution >= 0.6 is 0 Å². The summed E-state index contributed by atoms with van der Waals surface area (Å²) < 4.78 is 9.98. The monoisotopic (exact) mass is 526 g/mol. The average molecular weight is 527 g/mol. The van der Waals surface area contributed by atoms with E-state index in [1.165, 1.54) is 15.6 Å². The minimum Gasteiger partial charge on any atom is -0.375 e. The van der Waals surface area contributed by atoms with Gasteiger partial charge in [0.15, 0.2) is 11.2 Å². The molecule has 3 rings (SSSR count). The molecular formula is C28H42N6O4. The lowest BCUT2D eigenvalue weighted by Gasteiger charge is -2.13. The quantitative estimate of drug-likeness (QED) is 0.260. The minimum atomic E-state index is -0.654. The summed E-state index contributed by atoms with van der Waals surface area (Å²) in [6, 6.07) is 9.16. The topological polar surface area (TPSA) is 126 Å². The fourth-order valence-corrected chi connectivity index (χ4v) is 4.52. The SMILES string of the molecule is Cn1cnc2c1c(=O)n(CCCCCCCCCCCNC(=O)[C@@H](N)COCc1ccccc1)c(=O)n2C. The van der Waals surface area contributed by atoms with Gasteiger partial charge in [-0.1, -0.05) is 75.3 Å². The zero-order chi connectivity index (χ0) is 27.3. The number of carbonyl (C=O) groups excluding carboxylic acids is 1. The zero-order valence-corrected chi connectivity index (χ0v) is 22.7. The lowest BCUT2D eigenvalue weighted by Crippen LogP contribution is -2.43. The number of nitrogens with zero attached hydrogens (tertiary/aromatic N) is 4. The van der Waals surface area contributed by atoms with Crippen LogP contribution in [0, 0.1) is 0 Å². The summed E-state index contributed by atoms with van der Waals surface area (Å²) in [5.41, 5.74) is 7.28. The Labute approximate surface area is 223 Å². The molecule has 1 amide bonds. The highest BCUT2D eigenvalue weighted by molar-refractivity contribution is 5.81. The largest absolute Gasteiger partial charge is 0.375 e. The number of fused-ring (bicyclic) bond motifs is 1. The van der Waals surface area contributed by atoms with Crippen LogP contribution in [0.4, 0.5) is 0 Å². The Kier molecular flexibility index (Phi) is 11.8. The molecule has 1 aromatic carbocycles. The van der Waals surface area contributed by atoms with Crippen molar-refractivity contribution in [2.45, 2.75) is 77.0 Å². The Bertz CT molecular complexity index is 1260. The number of nitrogens with one attached hydrogen (secondary N) is 1. The summed E-state index contributed by atoms with van der Waals surface area (Å²) in [7, 11) is 3.42. The highest BCUT2D eigenvalue weighted by atomic mass is 16.5. The third-order valence-electron chi connectivity index (χ3n) is 6.80. The highest BCUT2D eigenvalue weighted by Gasteiger charge is 2.15. The first-order valence-electron chi connectivity index (χ1n) is 13.7. The van der Waals surface area contributed by atoms with Crippen molar-refractivity contribution >= 4 is 17.1 Å². The van der Waals surface area contributed by atoms with Gasteiger partial charge in [-0.15, -0.1) is 0 Å². The van der Waals surface area contributed by atoms with E-state index in [9.17, 15) is 14.4 Å². The van der Waals surface area contributed by atoms with E-state index >= 15 is 0 Å². The zero-order valence-electron chi connectivity index (χ0n) is 22.7. The first-order valence-corrected chi connectivity index (χ1v) is 13.7. The predicted octanol–water partition coefficient (Wildman–Crippen LogP) is 2.60. The summed E-state index contributed by atoms with van der Waals surface area (Å²) in [5, 5.41) is 2.90. The molecule has 0 aliphatic rings. The molecule has 0 saturated carbocycles. The van der Waals surface area contributed by atoms with Gasteiger partial charge in [-0.3, -0.25) is 18.7 Å². The molecule has 1 atom stereocenters. The maximum atomic E-state index is 12.7. The van der Waals surface area contributed by atoms with Crippen molar-refractivity contribution in [3.63, 3.8) is 0 Å². The van der Waals surface area contributed by atoms with Crippen LogP contribution in [0.1, 0.15) is 63.4 Å². The van der Waals surface area contributed by atoms with E-state index < -0.39 is 6.04 Å². The molecule has 0 radical (unpaired) electrons. The van der Waals surface area contributed by atoms with Gasteiger partial charge in [-0.05, 0) is 18.4 Å². The number of hydrogen-bond donors (Lipinski definition) is 2. The number of amides is 1. The molecule has 0 saturated heterocycles. The van der Waals surface area contributed by atoms with Gasteiger partial charge < -0.3 is 20.4 Å². The van der Waals surface area contributed by atoms with Gasteiger partial charge in [0.05, 0.1) is 19.5 Å². The van der Waals surface area contributed by atoms with Crippen LogP contribution in [-0.2, 0) is 36.8 Å². The normalized spacial score (nSPS) is 12.2. The summed E-state index contributed by atoms with van der Waals surface area (Å²) in [6.07, 6.45) is 11.1. The molecule has 2 aromatic heterocycles. The van der Waals surface area contributed by atoms with Crippen LogP contribution in [0.25, 0.3) is 11.2 Å². The van der Waals surface area contributed by atoms with Crippen molar-refractivity contribution in [2.75, 3.05) is 13.2 Å². The third kappa shape index (κ3) is 8.39. The van der Waals surface area contributed by atoms with Crippen molar-refractivity contribution in [1.29, 1.82) is 0 Å². The van der Waals surface area contributed by atoms with Crippen LogP contribution in [0.3, 0.4) is 0 Å². The van der Waals surface area contributed by atoms with E-state index in [0.29, 0.717) is 30.9 Å². The Morgan fingerprint density at radius 1 is 0.974 bits per heavy atom. The molecule has 3 aromatic rings. The average Bonchev–Trinajstić information content (AvgIpc) is 3.31. The molecule has 0 spiro atoms. The van der Waals surface area contributed by atoms with Gasteiger partial charge in [0.25, 0.3) is 5.56 Å². The fourth-order valence-electron chi connectivity index (χ4n) is 4.52. The van der Waals surface area contributed by atoms with Crippen molar-refractivity contribution in [3.05, 3.63) is 63.1 Å². The van der Waals surface area contributed by atoms with E-state index in [2.05, 4.69) is 10.3 Å². The van der Waals surface area contributed by atoms with Crippen molar-refractivity contribution in [3.8, 4) is 0 Å². The first kappa shape index (κ1) is 29.3. The van der Waals surface area contributed by atoms with Crippen LogP contribution < -0.4 is 22.3 Å². The van der Waals surface area contributed by atoms with Crippen LogP contribution in [-0.4, -0.2) is 43.8 Å². The molecule has 0 fully saturated rings. The van der Waals surface area contributed by atoms with Crippen LogP contribution in [0.2, 0.25) is 0 Å². The molecule has 0 unspecified atom stereocenters. The molecule has 38 heavy (non-hydrogen) atoms. The molecule has 0 aliphatic heterocycles. The van der Waals surface area contributed by atoms with Gasteiger partial charge >= 0.3 is 5.69 Å². The third-order valence-corrected chi connectivity index (χ3v) is 6.80. The number of unbranched alkanes of at least 4 members (excludes halogenated alkanes) is 8. The maximum Gasteiger partial charge on any atom is 0.332 e. The van der Waals surface area contributed by atoms with E-state index in [1.807, 2.05) is 30.3 Å². The second kappa shape index (κ2) is 15.2. The summed E-state index contributed by atoms with van der Waals surface area (Å²) in [5.74, 6) is -0.168. The van der Waals surface area contributed by atoms with Gasteiger partial charge in [0.2, 0.25) is 5.91 Å². The van der Waals surface area contributed by atoms with E-state index in [1.54, 1.807) is 25.0 Å². The number of carbonyl (C=O) groups is 1. The standard InChI is InChI=1S/C28H42N6O4/c1-32-21-31-25-24(32)27(36)34(28(37)33(25)2)18-14-9-7-5-3-4-6-8-13-17-30-26(35)23(29)20-38-19-22-15-11-10-12-16-22/h10-12,15-16,21,23H,3-9,13-14,17-20,29H2,1-2H3,(H,30,35)/t23-/m0/s1. The number of aryl methyl sites for hydroxylation is 2. The van der Waals surface area contributed by atoms with Gasteiger partial charge in [0, 0.05) is 27.2 Å². The second-order valence-electron chi connectivity index (χ2n) is 9.91. The summed E-state index contributed by atoms with van der Waals surface area (Å²) >= 11 is 0. The molecule has 3 N–H and O–H groups in total. The smallest absolute Gasteiger partial charge is 0.332 e. The van der Waals surface area contributed by atoms with Gasteiger partial charge in [-0.25, -0.2) is 9.78 Å². The molecule has 2 heterocycles. The molecule has 10 nitrogen and oxygen atoms in total. The fraction of sp³-hybridized carbons (Fsp3) is 0.571. The predicted molar refractivity (Wildman–Crippen MR) is 149 cm³/mol. The van der Waals surface area contributed by atoms with Gasteiger partial charge in [-0.2, -0.15) is 0 Å². The van der Waals surface area contributed by atoms with Crippen molar-refractivity contribution in [2.24, 2.45) is 19.8 Å². The lowest BCUT2D eigenvalue weighted by atomic mass is 10.1. The Hall–Kier alpha value is -3.24. The highest BCUT2D eigenvalue weighted by Crippen LogP contribution is 2.10. The van der Waals surface area contributed by atoms with Gasteiger partial charge in [0.1, 0.15) is 6.04 Å². The molecule has 10 heteroatoms. The van der Waals surface area contributed by atoms with E-state index in [-0.39, 0.29) is 23.8 Å². The number of benzene rings is 1. The van der Waals surface area contributed by atoms with Crippen LogP contribution in [0.15, 0.2) is 46.2 Å². The van der Waals surface area contributed by atoms with Crippen LogP contribution in [0.5, 0.6) is 0 Å². The summed E-state index contributed by atoms with van der Waals surface area (Å²) in [4.78, 5) is 41.5. The van der Waals surface area contributed by atoms with Crippen molar-refractivity contribution < 1.29 is 9.53 Å². The minimum absolute atomic E-state index is 0.168. The molecular weight excluding hydrogens is 484 g/mol. The molecule has 0 aliphatic carbocycles. The Morgan fingerprint density at radius 2 is 1.61 bits per heavy atom. The molecule has 208 valence electrons. The number of rotatable bonds is 17. The number of hydrogen-bond acceptors (Lipinski definition) is 6. The lowest BCUT2D eigenvalue weighted by molar-refractivity contribution is -0.123. The second-order valence-corrected chi connectivity index (χ2v) is 9.91. The number of ether oxygens (including phenoxy) is 1. The van der Waals surface area contributed by atoms with E-state index in [4.69, 9.17) is 10.5 Å². The van der Waals surface area contributed by atoms with E-state index in [0.717, 1.165) is 56.9 Å². The Balaban J connectivity index is 1.18. The number of imidazole rings is 1.